The zero-order chi connectivity index (χ0) is 15.2. The number of ether oxygens (including phenoxy) is 1. The Morgan fingerprint density at radius 2 is 2.24 bits per heavy atom. The fraction of sp³-hybridized carbons (Fsp3) is 0.375. The molecular formula is C16H16N2O2S. The minimum atomic E-state index is -0.490. The van der Waals surface area contributed by atoms with Crippen molar-refractivity contribution in [1.82, 2.24) is 0 Å². The summed E-state index contributed by atoms with van der Waals surface area (Å²) in [6, 6.07) is 5.95. The molecule has 1 aromatic heterocycles. The van der Waals surface area contributed by atoms with Crippen molar-refractivity contribution >= 4 is 17.1 Å². The first-order valence-electron chi connectivity index (χ1n) is 6.79. The monoisotopic (exact) mass is 300 g/mol. The molecule has 0 aromatic carbocycles. The number of nitrogens with two attached hydrogens (primary N) is 1. The van der Waals surface area contributed by atoms with E-state index in [2.05, 4.69) is 6.07 Å². The molecular weight excluding hydrogens is 284 g/mol. The second kappa shape index (κ2) is 4.74. The number of nitriles is 1. The summed E-state index contributed by atoms with van der Waals surface area (Å²) in [4.78, 5) is 13.3. The van der Waals surface area contributed by atoms with Gasteiger partial charge in [-0.1, -0.05) is 19.9 Å². The molecule has 1 aliphatic carbocycles. The van der Waals surface area contributed by atoms with Crippen LogP contribution in [0.25, 0.3) is 0 Å². The first-order chi connectivity index (χ1) is 9.93. The van der Waals surface area contributed by atoms with E-state index in [1.54, 1.807) is 0 Å². The molecule has 2 heterocycles. The SMILES string of the molecule is CC1(C)CC(=O)C2=C(C1)O[C@@H](c1cccs1)C(C#N)=C2N. The van der Waals surface area contributed by atoms with E-state index in [-0.39, 0.29) is 16.9 Å². The lowest BCUT2D eigenvalue weighted by Crippen LogP contribution is -2.33. The van der Waals surface area contributed by atoms with Gasteiger partial charge in [-0.05, 0) is 16.9 Å². The highest BCUT2D eigenvalue weighted by Gasteiger charge is 2.41. The molecule has 1 aromatic rings. The van der Waals surface area contributed by atoms with Gasteiger partial charge in [0.05, 0.1) is 21.7 Å². The number of carbonyl (C=O) groups excluding carboxylic acids is 1. The van der Waals surface area contributed by atoms with E-state index in [1.807, 2.05) is 31.4 Å². The Morgan fingerprint density at radius 1 is 1.48 bits per heavy atom. The number of hydrogen-bond donors (Lipinski definition) is 1. The van der Waals surface area contributed by atoms with Gasteiger partial charge in [0.1, 0.15) is 11.8 Å². The lowest BCUT2D eigenvalue weighted by molar-refractivity contribution is -0.118. The summed E-state index contributed by atoms with van der Waals surface area (Å²) in [5.74, 6) is 0.599. The molecule has 1 aliphatic heterocycles. The average Bonchev–Trinajstić information content (AvgIpc) is 2.89. The van der Waals surface area contributed by atoms with Gasteiger partial charge < -0.3 is 10.5 Å². The van der Waals surface area contributed by atoms with Crippen molar-refractivity contribution in [3.05, 3.63) is 45.0 Å². The predicted molar refractivity (Wildman–Crippen MR) is 80.0 cm³/mol. The van der Waals surface area contributed by atoms with Crippen molar-refractivity contribution in [2.45, 2.75) is 32.8 Å². The number of rotatable bonds is 1. The van der Waals surface area contributed by atoms with Crippen LogP contribution in [0.15, 0.2) is 40.1 Å². The highest BCUT2D eigenvalue weighted by Crippen LogP contribution is 2.46. The van der Waals surface area contributed by atoms with Crippen LogP contribution in [0.2, 0.25) is 0 Å². The molecule has 3 rings (SSSR count). The summed E-state index contributed by atoms with van der Waals surface area (Å²) in [6.07, 6.45) is 0.601. The molecule has 0 unspecified atom stereocenters. The van der Waals surface area contributed by atoms with Crippen LogP contribution < -0.4 is 5.73 Å². The number of thiophene rings is 1. The van der Waals surface area contributed by atoms with Crippen LogP contribution in [0.3, 0.4) is 0 Å². The molecule has 21 heavy (non-hydrogen) atoms. The number of carbonyl (C=O) groups is 1. The minimum Gasteiger partial charge on any atom is -0.483 e. The Hall–Kier alpha value is -2.06. The highest BCUT2D eigenvalue weighted by molar-refractivity contribution is 7.10. The second-order valence-electron chi connectivity index (χ2n) is 6.19. The smallest absolute Gasteiger partial charge is 0.169 e. The maximum Gasteiger partial charge on any atom is 0.169 e. The molecule has 0 bridgehead atoms. The van der Waals surface area contributed by atoms with E-state index in [0.717, 1.165) is 4.88 Å². The molecule has 0 amide bonds. The second-order valence-corrected chi connectivity index (χ2v) is 7.17. The topological polar surface area (TPSA) is 76.1 Å². The zero-order valence-corrected chi connectivity index (χ0v) is 12.8. The van der Waals surface area contributed by atoms with Crippen molar-refractivity contribution < 1.29 is 9.53 Å². The fourth-order valence-electron chi connectivity index (χ4n) is 2.90. The third-order valence-corrected chi connectivity index (χ3v) is 4.76. The minimum absolute atomic E-state index is 0.0314. The Morgan fingerprint density at radius 3 is 2.86 bits per heavy atom. The van der Waals surface area contributed by atoms with Crippen LogP contribution in [0.4, 0.5) is 0 Å². The van der Waals surface area contributed by atoms with Crippen LogP contribution in [-0.4, -0.2) is 5.78 Å². The molecule has 0 radical (unpaired) electrons. The predicted octanol–water partition coefficient (Wildman–Crippen LogP) is 3.20. The Labute approximate surface area is 127 Å². The van der Waals surface area contributed by atoms with Gasteiger partial charge in [0.2, 0.25) is 0 Å². The standard InChI is InChI=1S/C16H16N2O2S/c1-16(2)6-10(19)13-11(7-16)20-15(9(8-17)14(13)18)12-4-3-5-21-12/h3-5,15H,6-7,18H2,1-2H3/t15-/m1/s1. The number of ketones is 1. The van der Waals surface area contributed by atoms with Gasteiger partial charge in [-0.3, -0.25) is 4.79 Å². The number of allylic oxidation sites excluding steroid dienone is 2. The molecule has 2 aliphatic rings. The molecule has 2 N–H and O–H groups in total. The first-order valence-corrected chi connectivity index (χ1v) is 7.67. The molecule has 0 saturated carbocycles. The van der Waals surface area contributed by atoms with Crippen LogP contribution >= 0.6 is 11.3 Å². The average molecular weight is 300 g/mol. The van der Waals surface area contributed by atoms with Crippen molar-refractivity contribution in [2.75, 3.05) is 0 Å². The van der Waals surface area contributed by atoms with Crippen LogP contribution in [0, 0.1) is 16.7 Å². The molecule has 1 atom stereocenters. The molecule has 4 nitrogen and oxygen atoms in total. The Kier molecular flexibility index (Phi) is 3.14. The Bertz CT molecular complexity index is 705. The maximum atomic E-state index is 12.4. The molecule has 5 heteroatoms. The van der Waals surface area contributed by atoms with Crippen LogP contribution in [-0.2, 0) is 9.53 Å². The van der Waals surface area contributed by atoms with Gasteiger partial charge in [-0.2, -0.15) is 5.26 Å². The maximum absolute atomic E-state index is 12.4. The van der Waals surface area contributed by atoms with Gasteiger partial charge in [0.25, 0.3) is 0 Å². The zero-order valence-electron chi connectivity index (χ0n) is 12.0. The lowest BCUT2D eigenvalue weighted by atomic mass is 9.74. The lowest BCUT2D eigenvalue weighted by Gasteiger charge is -2.36. The number of Topliss-reactive ketones (excluding diaryl/α,β-unsaturated/α-hetero) is 1. The van der Waals surface area contributed by atoms with Crippen molar-refractivity contribution in [3.63, 3.8) is 0 Å². The third kappa shape index (κ3) is 2.26. The molecule has 0 fully saturated rings. The first kappa shape index (κ1) is 13.9. The van der Waals surface area contributed by atoms with Gasteiger partial charge in [0.15, 0.2) is 11.9 Å². The van der Waals surface area contributed by atoms with Gasteiger partial charge in [-0.25, -0.2) is 0 Å². The summed E-state index contributed by atoms with van der Waals surface area (Å²) in [5, 5.41) is 11.3. The van der Waals surface area contributed by atoms with Crippen molar-refractivity contribution in [3.8, 4) is 6.07 Å². The summed E-state index contributed by atoms with van der Waals surface area (Å²) in [6.45, 7) is 4.08. The van der Waals surface area contributed by atoms with Gasteiger partial charge in [-0.15, -0.1) is 11.3 Å². The van der Waals surface area contributed by atoms with Crippen LogP contribution in [0.5, 0.6) is 0 Å². The summed E-state index contributed by atoms with van der Waals surface area (Å²) >= 11 is 1.52. The largest absolute Gasteiger partial charge is 0.483 e. The summed E-state index contributed by atoms with van der Waals surface area (Å²) in [7, 11) is 0. The summed E-state index contributed by atoms with van der Waals surface area (Å²) in [5.41, 5.74) is 7.03. The van der Waals surface area contributed by atoms with E-state index < -0.39 is 6.10 Å². The van der Waals surface area contributed by atoms with E-state index >= 15 is 0 Å². The quantitative estimate of drug-likeness (QED) is 0.864. The van der Waals surface area contributed by atoms with E-state index in [9.17, 15) is 10.1 Å². The third-order valence-electron chi connectivity index (χ3n) is 3.84. The molecule has 108 valence electrons. The number of nitrogens with zero attached hydrogens (tertiary/aromatic N) is 1. The van der Waals surface area contributed by atoms with Crippen LogP contribution in [0.1, 0.15) is 37.7 Å². The van der Waals surface area contributed by atoms with E-state index in [4.69, 9.17) is 10.5 Å². The highest BCUT2D eigenvalue weighted by atomic mass is 32.1. The molecule has 0 spiro atoms. The van der Waals surface area contributed by atoms with Crippen molar-refractivity contribution in [2.24, 2.45) is 11.1 Å². The van der Waals surface area contributed by atoms with Gasteiger partial charge >= 0.3 is 0 Å². The van der Waals surface area contributed by atoms with Gasteiger partial charge in [0, 0.05) is 12.8 Å². The van der Waals surface area contributed by atoms with Crippen molar-refractivity contribution in [1.29, 1.82) is 5.26 Å². The summed E-state index contributed by atoms with van der Waals surface area (Å²) < 4.78 is 6.02. The molecule has 0 saturated heterocycles. The fourth-order valence-corrected chi connectivity index (χ4v) is 3.66. The van der Waals surface area contributed by atoms with E-state index in [1.165, 1.54) is 11.3 Å². The normalized spacial score (nSPS) is 24.4. The Balaban J connectivity index is 2.11. The van der Waals surface area contributed by atoms with E-state index in [0.29, 0.717) is 29.7 Å². The number of hydrogen-bond acceptors (Lipinski definition) is 5.